The highest BCUT2D eigenvalue weighted by atomic mass is 35.5. The number of nitrogens with one attached hydrogen (secondary N) is 2. The summed E-state index contributed by atoms with van der Waals surface area (Å²) >= 11 is 0. The number of anilines is 1. The maximum absolute atomic E-state index is 12.1. The molecule has 0 saturated heterocycles. The molecule has 0 bridgehead atoms. The van der Waals surface area contributed by atoms with Gasteiger partial charge in [-0.05, 0) is 37.5 Å². The summed E-state index contributed by atoms with van der Waals surface area (Å²) in [7, 11) is 0. The summed E-state index contributed by atoms with van der Waals surface area (Å²) in [6.45, 7) is 2.36. The Morgan fingerprint density at radius 3 is 2.77 bits per heavy atom. The first-order valence-corrected chi connectivity index (χ1v) is 7.56. The molecule has 1 atom stereocenters. The van der Waals surface area contributed by atoms with Crippen LogP contribution in [0.1, 0.15) is 18.4 Å². The van der Waals surface area contributed by atoms with Crippen LogP contribution in [0.5, 0.6) is 0 Å². The van der Waals surface area contributed by atoms with E-state index in [2.05, 4.69) is 15.7 Å². The number of carbonyl (C=O) groups is 1. The number of aryl methyl sites for hydroxylation is 1. The van der Waals surface area contributed by atoms with Crippen molar-refractivity contribution < 1.29 is 9.21 Å². The lowest BCUT2D eigenvalue weighted by Crippen LogP contribution is -2.35. The first-order valence-electron chi connectivity index (χ1n) is 7.56. The molecule has 8 nitrogen and oxygen atoms in total. The normalized spacial score (nSPS) is 11.5. The van der Waals surface area contributed by atoms with Crippen LogP contribution in [0.4, 0.5) is 5.69 Å². The summed E-state index contributed by atoms with van der Waals surface area (Å²) in [6.07, 6.45) is 2.55. The van der Waals surface area contributed by atoms with E-state index in [0.717, 1.165) is 10.9 Å². The summed E-state index contributed by atoms with van der Waals surface area (Å²) in [5.74, 6) is 4.75. The molecule has 0 spiro atoms. The van der Waals surface area contributed by atoms with Gasteiger partial charge in [-0.3, -0.25) is 9.79 Å². The molecule has 144 valence electrons. The second-order valence-corrected chi connectivity index (χ2v) is 5.40. The second-order valence-electron chi connectivity index (χ2n) is 5.40. The number of amides is 1. The van der Waals surface area contributed by atoms with Crippen molar-refractivity contribution in [3.05, 3.63) is 40.2 Å². The Balaban J connectivity index is 0.00000312. The van der Waals surface area contributed by atoms with E-state index in [1.165, 1.54) is 12.4 Å². The molecule has 2 rings (SSSR count). The highest BCUT2D eigenvalue weighted by Gasteiger charge is 2.13. The molecule has 1 aromatic heterocycles. The van der Waals surface area contributed by atoms with Crippen LogP contribution in [-0.4, -0.2) is 24.8 Å². The van der Waals surface area contributed by atoms with Gasteiger partial charge < -0.3 is 20.9 Å². The second kappa shape index (κ2) is 11.5. The molecule has 0 aliphatic rings. The van der Waals surface area contributed by atoms with Crippen molar-refractivity contribution in [2.24, 2.45) is 16.6 Å². The van der Waals surface area contributed by atoms with E-state index in [1.54, 1.807) is 18.2 Å². The summed E-state index contributed by atoms with van der Waals surface area (Å²) in [4.78, 5) is 27.5. The third-order valence-corrected chi connectivity index (χ3v) is 3.52. The SMILES string of the molecule is Cc1cc(=O)oc2cc(NC(=O)C(N)CCCN=CNN)ccc12.Cl.Cl. The minimum Gasteiger partial charge on any atom is -0.423 e. The van der Waals surface area contributed by atoms with E-state index in [9.17, 15) is 9.59 Å². The van der Waals surface area contributed by atoms with Crippen LogP contribution in [0.3, 0.4) is 0 Å². The number of aliphatic imine (C=N–C) groups is 1. The van der Waals surface area contributed by atoms with Gasteiger partial charge in [0, 0.05) is 29.8 Å². The Bertz CT molecular complexity index is 810. The molecule has 2 aromatic rings. The van der Waals surface area contributed by atoms with Gasteiger partial charge in [0.2, 0.25) is 5.91 Å². The van der Waals surface area contributed by atoms with Crippen LogP contribution in [0.15, 0.2) is 38.5 Å². The molecule has 0 saturated carbocycles. The number of nitrogens with two attached hydrogens (primary N) is 2. The van der Waals surface area contributed by atoms with Gasteiger partial charge in [-0.25, -0.2) is 10.6 Å². The Hall–Kier alpha value is -2.13. The van der Waals surface area contributed by atoms with Crippen LogP contribution in [0.2, 0.25) is 0 Å². The van der Waals surface area contributed by atoms with Crippen molar-refractivity contribution in [2.45, 2.75) is 25.8 Å². The summed E-state index contributed by atoms with van der Waals surface area (Å²) in [5, 5.41) is 3.55. The van der Waals surface area contributed by atoms with E-state index in [0.29, 0.717) is 30.7 Å². The number of halogens is 2. The number of hydrogen-bond donors (Lipinski definition) is 4. The van der Waals surface area contributed by atoms with Crippen LogP contribution < -0.4 is 27.9 Å². The van der Waals surface area contributed by atoms with Gasteiger partial charge in [0.15, 0.2) is 0 Å². The van der Waals surface area contributed by atoms with E-state index in [-0.39, 0.29) is 30.7 Å². The Kier molecular flexibility index (Phi) is 10.5. The zero-order valence-electron chi connectivity index (χ0n) is 14.2. The topological polar surface area (TPSA) is 136 Å². The third-order valence-electron chi connectivity index (χ3n) is 3.52. The predicted molar refractivity (Wildman–Crippen MR) is 108 cm³/mol. The van der Waals surface area contributed by atoms with Gasteiger partial charge in [0.25, 0.3) is 0 Å². The Morgan fingerprint density at radius 2 is 2.08 bits per heavy atom. The number of carbonyl (C=O) groups excluding carboxylic acids is 1. The van der Waals surface area contributed by atoms with Crippen molar-refractivity contribution in [3.63, 3.8) is 0 Å². The van der Waals surface area contributed by atoms with Gasteiger partial charge in [0.05, 0.1) is 12.4 Å². The van der Waals surface area contributed by atoms with E-state index >= 15 is 0 Å². The monoisotopic (exact) mass is 403 g/mol. The van der Waals surface area contributed by atoms with E-state index in [1.807, 2.05) is 6.92 Å². The molecule has 10 heteroatoms. The molecule has 1 amide bonds. The third kappa shape index (κ3) is 6.64. The first-order chi connectivity index (χ1) is 11.5. The van der Waals surface area contributed by atoms with E-state index < -0.39 is 11.7 Å². The van der Waals surface area contributed by atoms with Crippen LogP contribution in [0, 0.1) is 6.92 Å². The lowest BCUT2D eigenvalue weighted by molar-refractivity contribution is -0.117. The average molecular weight is 404 g/mol. The lowest BCUT2D eigenvalue weighted by Gasteiger charge is -2.12. The Labute approximate surface area is 163 Å². The maximum Gasteiger partial charge on any atom is 0.336 e. The van der Waals surface area contributed by atoms with Gasteiger partial charge in [-0.2, -0.15) is 0 Å². The number of hydrazine groups is 1. The zero-order valence-corrected chi connectivity index (χ0v) is 15.9. The highest BCUT2D eigenvalue weighted by Crippen LogP contribution is 2.20. The Morgan fingerprint density at radius 1 is 1.35 bits per heavy atom. The number of nitrogens with zero attached hydrogens (tertiary/aromatic N) is 1. The lowest BCUT2D eigenvalue weighted by atomic mass is 10.1. The van der Waals surface area contributed by atoms with Gasteiger partial charge in [-0.1, -0.05) is 0 Å². The fourth-order valence-electron chi connectivity index (χ4n) is 2.29. The average Bonchev–Trinajstić information content (AvgIpc) is 2.53. The maximum atomic E-state index is 12.1. The number of benzene rings is 1. The standard InChI is InChI=1S/C16H21N5O3.2ClH/c1-10-7-15(22)24-14-8-11(4-5-12(10)14)21-16(23)13(17)3-2-6-19-9-20-18;;/h4-5,7-9,13H,2-3,6,17-18H2,1H3,(H,19,20)(H,21,23);2*1H. The van der Waals surface area contributed by atoms with Crippen molar-refractivity contribution in [1.82, 2.24) is 5.43 Å². The molecule has 0 radical (unpaired) electrons. The zero-order chi connectivity index (χ0) is 17.5. The van der Waals surface area contributed by atoms with Crippen molar-refractivity contribution >= 4 is 53.7 Å². The number of fused-ring (bicyclic) bond motifs is 1. The molecule has 0 fully saturated rings. The molecule has 26 heavy (non-hydrogen) atoms. The van der Waals surface area contributed by atoms with Gasteiger partial charge >= 0.3 is 5.63 Å². The van der Waals surface area contributed by atoms with Crippen LogP contribution in [-0.2, 0) is 4.79 Å². The number of hydrogen-bond acceptors (Lipinski definition) is 6. The molecule has 0 aliphatic heterocycles. The first kappa shape index (κ1) is 23.9. The van der Waals surface area contributed by atoms with Gasteiger partial charge in [0.1, 0.15) is 5.58 Å². The summed E-state index contributed by atoms with van der Waals surface area (Å²) < 4.78 is 5.16. The number of rotatable bonds is 7. The fourth-order valence-corrected chi connectivity index (χ4v) is 2.29. The quantitative estimate of drug-likeness (QED) is 0.138. The molecular weight excluding hydrogens is 381 g/mol. The van der Waals surface area contributed by atoms with E-state index in [4.69, 9.17) is 16.0 Å². The van der Waals surface area contributed by atoms with Gasteiger partial charge in [-0.15, -0.1) is 24.8 Å². The molecule has 1 unspecified atom stereocenters. The fraction of sp³-hybridized carbons (Fsp3) is 0.312. The van der Waals surface area contributed by atoms with Crippen molar-refractivity contribution in [2.75, 3.05) is 11.9 Å². The summed E-state index contributed by atoms with van der Waals surface area (Å²) in [6, 6.07) is 5.94. The summed E-state index contributed by atoms with van der Waals surface area (Å²) in [5.41, 5.74) is 9.52. The molecule has 0 aliphatic carbocycles. The smallest absolute Gasteiger partial charge is 0.336 e. The van der Waals surface area contributed by atoms with Crippen molar-refractivity contribution in [1.29, 1.82) is 0 Å². The van der Waals surface area contributed by atoms with Crippen molar-refractivity contribution in [3.8, 4) is 0 Å². The molecule has 6 N–H and O–H groups in total. The molecule has 1 heterocycles. The predicted octanol–water partition coefficient (Wildman–Crippen LogP) is 1.48. The van der Waals surface area contributed by atoms with Crippen LogP contribution >= 0.6 is 24.8 Å². The molecule has 1 aromatic carbocycles. The van der Waals surface area contributed by atoms with Crippen LogP contribution in [0.25, 0.3) is 11.0 Å². The molecular formula is C16H23Cl2N5O3. The largest absolute Gasteiger partial charge is 0.423 e. The minimum absolute atomic E-state index is 0. The minimum atomic E-state index is -0.647. The highest BCUT2D eigenvalue weighted by molar-refractivity contribution is 5.96.